The minimum atomic E-state index is -6.95. The van der Waals surface area contributed by atoms with Gasteiger partial charge in [0, 0.05) is 11.8 Å². The molecule has 0 N–H and O–H groups in total. The van der Waals surface area contributed by atoms with Crippen molar-refractivity contribution in [2.75, 3.05) is 6.61 Å². The van der Waals surface area contributed by atoms with Gasteiger partial charge in [0.25, 0.3) is 0 Å². The molecule has 1 heterocycles. The van der Waals surface area contributed by atoms with Crippen LogP contribution in [0.1, 0.15) is 23.0 Å². The Balaban J connectivity index is 2.53. The predicted molar refractivity (Wildman–Crippen MR) is 90.4 cm³/mol. The summed E-state index contributed by atoms with van der Waals surface area (Å²) in [4.78, 5) is 18.7. The number of ether oxygens (including phenoxy) is 3. The van der Waals surface area contributed by atoms with Gasteiger partial charge < -0.3 is 4.74 Å². The van der Waals surface area contributed by atoms with Gasteiger partial charge in [0.1, 0.15) is 5.56 Å². The summed E-state index contributed by atoms with van der Waals surface area (Å²) < 4.78 is 154. The van der Waals surface area contributed by atoms with E-state index < -0.39 is 60.3 Å². The molecule has 194 valence electrons. The van der Waals surface area contributed by atoms with Gasteiger partial charge in [-0.2, -0.15) is 48.3 Å². The normalized spacial score (nSPS) is 13.6. The molecule has 0 radical (unpaired) electrons. The third kappa shape index (κ3) is 6.14. The van der Waals surface area contributed by atoms with E-state index in [2.05, 4.69) is 19.4 Å². The van der Waals surface area contributed by atoms with Gasteiger partial charge in [0.2, 0.25) is 0 Å². The molecule has 6 nitrogen and oxygen atoms in total. The highest BCUT2D eigenvalue weighted by molar-refractivity contribution is 5.90. The topological polar surface area (TPSA) is 70.5 Å². The van der Waals surface area contributed by atoms with Crippen LogP contribution in [-0.2, 0) is 20.3 Å². The van der Waals surface area contributed by atoms with Gasteiger partial charge in [-0.3, -0.25) is 0 Å². The molecular formula is C18H11F11N2O4. The van der Waals surface area contributed by atoms with Gasteiger partial charge in [-0.25, -0.2) is 24.2 Å². The molecule has 2 aromatic rings. The number of aromatic nitrogens is 2. The predicted octanol–water partition coefficient (Wildman–Crippen LogP) is 5.74. The van der Waals surface area contributed by atoms with Crippen LogP contribution in [0.15, 0.2) is 36.5 Å². The Bertz CT molecular complexity index is 1050. The number of benzene rings is 1. The van der Waals surface area contributed by atoms with Crippen molar-refractivity contribution in [2.45, 2.75) is 37.5 Å². The second kappa shape index (κ2) is 9.52. The van der Waals surface area contributed by atoms with Crippen molar-refractivity contribution in [1.29, 1.82) is 0 Å². The highest BCUT2D eigenvalue weighted by atomic mass is 19.4. The Labute approximate surface area is 187 Å². The molecule has 2 rings (SSSR count). The number of hydrogen-bond acceptors (Lipinski definition) is 6. The number of halogens is 11. The third-order valence-corrected chi connectivity index (χ3v) is 3.77. The van der Waals surface area contributed by atoms with Gasteiger partial charge in [-0.05, 0) is 6.92 Å². The summed E-state index contributed by atoms with van der Waals surface area (Å²) in [5.41, 5.74) is -3.48. The van der Waals surface area contributed by atoms with E-state index in [1.807, 2.05) is 4.74 Å². The van der Waals surface area contributed by atoms with E-state index in [-0.39, 0.29) is 5.56 Å². The van der Waals surface area contributed by atoms with E-state index in [1.165, 1.54) is 37.3 Å². The number of nitrogens with zero attached hydrogens (tertiary/aromatic N) is 2. The Morgan fingerprint density at radius 2 is 1.37 bits per heavy atom. The fraction of sp³-hybridized carbons (Fsp3) is 0.389. The highest BCUT2D eigenvalue weighted by Gasteiger charge is 2.73. The summed E-state index contributed by atoms with van der Waals surface area (Å²) in [6.07, 6.45) is -32.9. The summed E-state index contributed by atoms with van der Waals surface area (Å²) >= 11 is 0. The first-order valence-electron chi connectivity index (χ1n) is 8.93. The van der Waals surface area contributed by atoms with Crippen LogP contribution in [0.25, 0.3) is 11.4 Å². The number of carbonyl (C=O) groups is 1. The SMILES string of the molecule is CCOC(=O)c1cnc(-c2ccccc2)nc1C(F)(F)OC(F)(F)C(F)(F)OC(F)(F)C(F)(F)F. The summed E-state index contributed by atoms with van der Waals surface area (Å²) in [5.74, 6) is -2.31. The number of carbonyl (C=O) groups excluding carboxylic acids is 1. The van der Waals surface area contributed by atoms with E-state index >= 15 is 0 Å². The first kappa shape index (κ1) is 28.2. The summed E-state index contributed by atoms with van der Waals surface area (Å²) in [6.45, 7) is 0.762. The molecule has 35 heavy (non-hydrogen) atoms. The molecule has 0 saturated heterocycles. The van der Waals surface area contributed by atoms with Crippen LogP contribution in [0.5, 0.6) is 0 Å². The lowest BCUT2D eigenvalue weighted by Crippen LogP contribution is -2.54. The first-order chi connectivity index (χ1) is 15.8. The average molecular weight is 528 g/mol. The van der Waals surface area contributed by atoms with Crippen molar-refractivity contribution < 1.29 is 67.3 Å². The first-order valence-corrected chi connectivity index (χ1v) is 8.93. The quantitative estimate of drug-likeness (QED) is 0.305. The molecule has 0 unspecified atom stereocenters. The minimum absolute atomic E-state index is 0.0369. The van der Waals surface area contributed by atoms with Crippen molar-refractivity contribution in [2.24, 2.45) is 0 Å². The Hall–Kier alpha value is -3.08. The van der Waals surface area contributed by atoms with E-state index in [0.29, 0.717) is 6.20 Å². The van der Waals surface area contributed by atoms with Gasteiger partial charge in [-0.1, -0.05) is 30.3 Å². The van der Waals surface area contributed by atoms with Crippen LogP contribution < -0.4 is 0 Å². The van der Waals surface area contributed by atoms with Crippen molar-refractivity contribution in [1.82, 2.24) is 9.97 Å². The summed E-state index contributed by atoms with van der Waals surface area (Å²) in [5, 5.41) is 0. The lowest BCUT2D eigenvalue weighted by Gasteiger charge is -2.31. The Morgan fingerprint density at radius 3 is 1.89 bits per heavy atom. The maximum Gasteiger partial charge on any atom is 0.483 e. The average Bonchev–Trinajstić information content (AvgIpc) is 2.71. The fourth-order valence-electron chi connectivity index (χ4n) is 2.24. The molecule has 0 bridgehead atoms. The minimum Gasteiger partial charge on any atom is -0.462 e. The van der Waals surface area contributed by atoms with Gasteiger partial charge in [0.15, 0.2) is 11.5 Å². The Kier molecular flexibility index (Phi) is 7.66. The zero-order valence-electron chi connectivity index (χ0n) is 16.9. The van der Waals surface area contributed by atoms with Crippen molar-refractivity contribution >= 4 is 5.97 Å². The fourth-order valence-corrected chi connectivity index (χ4v) is 2.24. The number of esters is 1. The van der Waals surface area contributed by atoms with E-state index in [9.17, 15) is 53.1 Å². The summed E-state index contributed by atoms with van der Waals surface area (Å²) in [6, 6.07) is 6.66. The second-order valence-electron chi connectivity index (χ2n) is 6.31. The maximum absolute atomic E-state index is 14.6. The maximum atomic E-state index is 14.6. The van der Waals surface area contributed by atoms with Crippen LogP contribution >= 0.6 is 0 Å². The lowest BCUT2D eigenvalue weighted by molar-refractivity contribution is -0.538. The molecule has 1 aromatic heterocycles. The third-order valence-electron chi connectivity index (χ3n) is 3.77. The van der Waals surface area contributed by atoms with Crippen molar-refractivity contribution in [3.8, 4) is 11.4 Å². The van der Waals surface area contributed by atoms with Crippen molar-refractivity contribution in [3.05, 3.63) is 47.8 Å². The van der Waals surface area contributed by atoms with Crippen LogP contribution in [-0.4, -0.2) is 47.0 Å². The van der Waals surface area contributed by atoms with E-state index in [4.69, 9.17) is 0 Å². The molecule has 1 aromatic carbocycles. The standard InChI is InChI=1S/C18H11F11N2O4/c1-2-33-13(32)10-8-30-12(9-6-4-3-5-7-9)31-11(10)14(19,20)34-17(26,27)18(28,29)35-16(24,25)15(21,22)23/h3-8H,2H2,1H3. The monoisotopic (exact) mass is 528 g/mol. The molecule has 17 heteroatoms. The molecule has 0 saturated carbocycles. The zero-order valence-corrected chi connectivity index (χ0v) is 16.9. The number of hydrogen-bond donors (Lipinski definition) is 0. The Morgan fingerprint density at radius 1 is 0.829 bits per heavy atom. The van der Waals surface area contributed by atoms with E-state index in [0.717, 1.165) is 0 Å². The van der Waals surface area contributed by atoms with Gasteiger partial charge >= 0.3 is 36.6 Å². The highest BCUT2D eigenvalue weighted by Crippen LogP contribution is 2.49. The molecular weight excluding hydrogens is 517 g/mol. The zero-order chi connectivity index (χ0) is 26.9. The lowest BCUT2D eigenvalue weighted by atomic mass is 10.1. The largest absolute Gasteiger partial charge is 0.483 e. The van der Waals surface area contributed by atoms with Crippen LogP contribution in [0.2, 0.25) is 0 Å². The van der Waals surface area contributed by atoms with Gasteiger partial charge in [-0.15, -0.1) is 0 Å². The molecule has 0 aliphatic rings. The molecule has 0 amide bonds. The number of rotatable bonds is 9. The van der Waals surface area contributed by atoms with Gasteiger partial charge in [0.05, 0.1) is 6.61 Å². The number of alkyl halides is 11. The smallest absolute Gasteiger partial charge is 0.462 e. The second-order valence-corrected chi connectivity index (χ2v) is 6.31. The van der Waals surface area contributed by atoms with Crippen LogP contribution in [0.4, 0.5) is 48.3 Å². The van der Waals surface area contributed by atoms with Crippen LogP contribution in [0, 0.1) is 0 Å². The molecule has 0 atom stereocenters. The van der Waals surface area contributed by atoms with E-state index in [1.54, 1.807) is 0 Å². The summed E-state index contributed by atoms with van der Waals surface area (Å²) in [7, 11) is 0. The van der Waals surface area contributed by atoms with Crippen molar-refractivity contribution in [3.63, 3.8) is 0 Å². The molecule has 0 fully saturated rings. The molecule has 0 aliphatic heterocycles. The molecule has 0 aliphatic carbocycles. The molecule has 0 spiro atoms. The van der Waals surface area contributed by atoms with Crippen LogP contribution in [0.3, 0.4) is 0 Å².